The maximum atomic E-state index is 14.0. The van der Waals surface area contributed by atoms with Gasteiger partial charge in [0.1, 0.15) is 60.6 Å². The molecule has 1 aromatic heterocycles. The highest BCUT2D eigenvalue weighted by Crippen LogP contribution is 2.22. The highest BCUT2D eigenvalue weighted by Gasteiger charge is 2.44. The van der Waals surface area contributed by atoms with E-state index >= 15 is 0 Å². The maximum absolute atomic E-state index is 14.0. The second-order valence-corrected chi connectivity index (χ2v) is 21.8. The fourth-order valence-corrected chi connectivity index (χ4v) is 7.83. The topological polar surface area (TPSA) is 500 Å². The molecule has 0 saturated carbocycles. The number of carbonyl (C=O) groups is 10. The van der Waals surface area contributed by atoms with Crippen LogP contribution in [0.1, 0.15) is 72.8 Å². The molecule has 2 rings (SSSR count). The van der Waals surface area contributed by atoms with Gasteiger partial charge in [0.25, 0.3) is 11.8 Å². The van der Waals surface area contributed by atoms with Crippen LogP contribution in [0.4, 0.5) is 0 Å². The van der Waals surface area contributed by atoms with Crippen LogP contribution in [0.3, 0.4) is 0 Å². The third-order valence-electron chi connectivity index (χ3n) is 12.9. The molecular formula is C51H81N11O21. The van der Waals surface area contributed by atoms with Crippen molar-refractivity contribution in [3.8, 4) is 0 Å². The summed E-state index contributed by atoms with van der Waals surface area (Å²) in [5.74, 6) is -12.2. The number of hydrogen-bond donors (Lipinski definition) is 18. The van der Waals surface area contributed by atoms with Gasteiger partial charge in [-0.25, -0.2) is 9.78 Å². The van der Waals surface area contributed by atoms with Crippen LogP contribution in [0.25, 0.3) is 0 Å². The van der Waals surface area contributed by atoms with E-state index in [1.54, 1.807) is 30.3 Å². The van der Waals surface area contributed by atoms with Crippen molar-refractivity contribution >= 4 is 59.1 Å². The SMILES string of the molecule is CO[C@@H](CNC(=O)[C@H](NC(=O)[C@H](O)[C@H](C)O)[C@H](O)c1cncn1C)[C@H](O)[C@H](O)C(=O)N(C)[C@@H](Cc1ccccc1)C(=O)NCC(=O)N[C@H](C(=O)N[C@@H](CO)C(=O)N[C@H](C(=O)N[C@H](C(=O)N[C@@H](CO)C(=O)O)C(C)(C)C)C(C)(C)O)C(C)(C)O. The lowest BCUT2D eigenvalue weighted by atomic mass is 9.85. The number of nitrogens with one attached hydrogen (secondary N) is 8. The number of carboxylic acids is 1. The number of hydrogen-bond acceptors (Lipinski definition) is 21. The van der Waals surface area contributed by atoms with Gasteiger partial charge in [0.05, 0.1) is 55.3 Å². The lowest BCUT2D eigenvalue weighted by molar-refractivity contribution is -0.156. The van der Waals surface area contributed by atoms with Crippen LogP contribution in [0, 0.1) is 5.41 Å². The molecule has 32 heteroatoms. The number of imidazole rings is 1. The van der Waals surface area contributed by atoms with Gasteiger partial charge in [-0.2, -0.15) is 0 Å². The summed E-state index contributed by atoms with van der Waals surface area (Å²) in [7, 11) is 3.61. The third-order valence-corrected chi connectivity index (χ3v) is 12.9. The Morgan fingerprint density at radius 2 is 1.18 bits per heavy atom. The van der Waals surface area contributed by atoms with Crippen molar-refractivity contribution in [2.24, 2.45) is 12.5 Å². The number of carbonyl (C=O) groups excluding carboxylic acids is 9. The van der Waals surface area contributed by atoms with Crippen molar-refractivity contribution in [1.82, 2.24) is 57.0 Å². The highest BCUT2D eigenvalue weighted by atomic mass is 16.5. The van der Waals surface area contributed by atoms with Gasteiger partial charge in [0.15, 0.2) is 12.2 Å². The minimum absolute atomic E-state index is 0.0306. The minimum atomic E-state index is -2.38. The number of rotatable bonds is 32. The Kier molecular flexibility index (Phi) is 27.2. The number of aromatic nitrogens is 2. The number of nitrogens with zero attached hydrogens (tertiary/aromatic N) is 3. The van der Waals surface area contributed by atoms with Gasteiger partial charge in [-0.05, 0) is 45.6 Å². The fourth-order valence-electron chi connectivity index (χ4n) is 7.83. The van der Waals surface area contributed by atoms with Crippen LogP contribution in [0.5, 0.6) is 0 Å². The zero-order valence-electron chi connectivity index (χ0n) is 47.9. The molecular weight excluding hydrogens is 1100 g/mol. The van der Waals surface area contributed by atoms with E-state index in [2.05, 4.69) is 47.5 Å². The van der Waals surface area contributed by atoms with Crippen LogP contribution in [-0.2, 0) is 66.2 Å². The predicted molar refractivity (Wildman–Crippen MR) is 287 cm³/mol. The lowest BCUT2D eigenvalue weighted by Gasteiger charge is -2.35. The van der Waals surface area contributed by atoms with Crippen LogP contribution in [-0.4, -0.2) is 249 Å². The summed E-state index contributed by atoms with van der Waals surface area (Å²) in [5, 5.41) is 122. The zero-order valence-corrected chi connectivity index (χ0v) is 47.9. The molecule has 13 atom stereocenters. The average Bonchev–Trinajstić information content (AvgIpc) is 4.06. The summed E-state index contributed by atoms with van der Waals surface area (Å²) in [4.78, 5) is 138. The normalized spacial score (nSPS) is 16.6. The third kappa shape index (κ3) is 21.1. The number of aryl methyl sites for hydroxylation is 1. The van der Waals surface area contributed by atoms with Crippen LogP contribution in [0.2, 0.25) is 0 Å². The van der Waals surface area contributed by atoms with Crippen molar-refractivity contribution < 1.29 is 104 Å². The van der Waals surface area contributed by atoms with Crippen molar-refractivity contribution in [3.63, 3.8) is 0 Å². The number of amides is 9. The smallest absolute Gasteiger partial charge is 0.328 e. The molecule has 0 aliphatic heterocycles. The number of carboxylic acid groups (broad SMARTS) is 1. The van der Waals surface area contributed by atoms with E-state index in [0.29, 0.717) is 5.56 Å². The molecule has 0 radical (unpaired) electrons. The first-order chi connectivity index (χ1) is 38.3. The van der Waals surface area contributed by atoms with E-state index in [0.717, 1.165) is 53.7 Å². The quantitative estimate of drug-likeness (QED) is 0.0323. The fraction of sp³-hybridized carbons (Fsp3) is 0.627. The lowest BCUT2D eigenvalue weighted by Crippen LogP contribution is -2.66. The molecule has 0 bridgehead atoms. The van der Waals surface area contributed by atoms with E-state index in [1.165, 1.54) is 44.9 Å². The first-order valence-electron chi connectivity index (χ1n) is 25.8. The molecule has 466 valence electrons. The van der Waals surface area contributed by atoms with Gasteiger partial charge < -0.3 is 108 Å². The number of aliphatic carboxylic acids is 1. The van der Waals surface area contributed by atoms with E-state index in [1.807, 2.05) is 0 Å². The second-order valence-electron chi connectivity index (χ2n) is 21.8. The zero-order chi connectivity index (χ0) is 63.6. The van der Waals surface area contributed by atoms with E-state index in [-0.39, 0.29) is 12.1 Å². The molecule has 0 spiro atoms. The molecule has 1 aromatic carbocycles. The number of aliphatic hydroxyl groups is 9. The van der Waals surface area contributed by atoms with Crippen molar-refractivity contribution in [1.29, 1.82) is 0 Å². The Bertz CT molecular complexity index is 2550. The summed E-state index contributed by atoms with van der Waals surface area (Å²) in [6.45, 7) is 6.12. The van der Waals surface area contributed by atoms with Gasteiger partial charge in [-0.3, -0.25) is 43.2 Å². The van der Waals surface area contributed by atoms with Crippen LogP contribution < -0.4 is 42.5 Å². The van der Waals surface area contributed by atoms with E-state index in [4.69, 9.17) is 4.74 Å². The molecule has 0 aliphatic rings. The number of benzene rings is 1. The van der Waals surface area contributed by atoms with E-state index in [9.17, 15) is 99.0 Å². The molecule has 32 nitrogen and oxygen atoms in total. The second kappa shape index (κ2) is 31.4. The molecule has 0 aliphatic carbocycles. The molecule has 0 unspecified atom stereocenters. The number of aliphatic hydroxyl groups excluding tert-OH is 7. The Morgan fingerprint density at radius 3 is 1.66 bits per heavy atom. The van der Waals surface area contributed by atoms with E-state index < -0.39 is 181 Å². The Hall–Kier alpha value is -7.27. The van der Waals surface area contributed by atoms with Crippen LogP contribution >= 0.6 is 0 Å². The molecule has 0 saturated heterocycles. The van der Waals surface area contributed by atoms with Gasteiger partial charge in [0.2, 0.25) is 41.4 Å². The minimum Gasteiger partial charge on any atom is -0.480 e. The molecule has 0 fully saturated rings. The first kappa shape index (κ1) is 71.8. The van der Waals surface area contributed by atoms with Gasteiger partial charge >= 0.3 is 5.97 Å². The number of methoxy groups -OCH3 is 1. The molecule has 1 heterocycles. The Morgan fingerprint density at radius 1 is 0.663 bits per heavy atom. The highest BCUT2D eigenvalue weighted by molar-refractivity contribution is 5.98. The predicted octanol–water partition coefficient (Wildman–Crippen LogP) is -8.20. The largest absolute Gasteiger partial charge is 0.480 e. The number of ether oxygens (including phenoxy) is 1. The van der Waals surface area contributed by atoms with Crippen molar-refractivity contribution in [2.75, 3.05) is 40.5 Å². The molecule has 83 heavy (non-hydrogen) atoms. The van der Waals surface area contributed by atoms with Crippen molar-refractivity contribution in [2.45, 2.75) is 152 Å². The summed E-state index contributed by atoms with van der Waals surface area (Å²) in [6.07, 6.45) is -9.33. The van der Waals surface area contributed by atoms with Gasteiger partial charge in [-0.15, -0.1) is 0 Å². The van der Waals surface area contributed by atoms with Gasteiger partial charge in [0, 0.05) is 34.2 Å². The number of likely N-dealkylation sites (N-methyl/N-ethyl adjacent to an activating group) is 1. The first-order valence-corrected chi connectivity index (χ1v) is 25.8. The van der Waals surface area contributed by atoms with Crippen molar-refractivity contribution in [3.05, 3.63) is 54.1 Å². The summed E-state index contributed by atoms with van der Waals surface area (Å²) in [6, 6.07) is -4.49. The maximum Gasteiger partial charge on any atom is 0.328 e. The standard InChI is InChI=1S/C51H81N11O21/c1-24(65)33(67)43(74)58-32(34(68)29-18-52-23-61(29)9)42(73)53-19-30(83-11)35(69)36(70)47(78)62(10)28(17-25-15-13-12-14-16-25)41(72)54-20-31(66)57-38(50(5,6)81)45(76)55-26(21-63)40(71)60-39(51(7,8)82)46(77)59-37(49(2,3)4)44(75)56-27(22-64)48(79)80/h12-16,18,23-24,26-28,30,32-39,63-65,67-70,81-82H,17,19-22H2,1-11H3,(H,53,73)(H,54,72)(H,55,76)(H,56,75)(H,57,66)(H,58,74)(H,59,77)(H,60,71)(H,79,80)/t24-,26-,27-,28-,30-,32+,33+,34+,35-,36-,37+,38+,39+/m0/s1. The monoisotopic (exact) mass is 1180 g/mol. The Labute approximate surface area is 477 Å². The van der Waals surface area contributed by atoms with Crippen LogP contribution in [0.15, 0.2) is 42.9 Å². The summed E-state index contributed by atoms with van der Waals surface area (Å²) >= 11 is 0. The molecule has 9 amide bonds. The Balaban J connectivity index is 2.29. The van der Waals surface area contributed by atoms with Gasteiger partial charge in [-0.1, -0.05) is 51.1 Å². The molecule has 2 aromatic rings. The summed E-state index contributed by atoms with van der Waals surface area (Å²) in [5.41, 5.74) is -4.93. The summed E-state index contributed by atoms with van der Waals surface area (Å²) < 4.78 is 6.59. The average molecular weight is 1180 g/mol. The molecule has 18 N–H and O–H groups in total.